The van der Waals surface area contributed by atoms with Crippen LogP contribution >= 0.6 is 11.8 Å². The molecule has 0 fully saturated rings. The summed E-state index contributed by atoms with van der Waals surface area (Å²) in [6.45, 7) is 7.57. The van der Waals surface area contributed by atoms with Gasteiger partial charge in [-0.1, -0.05) is 19.9 Å². The predicted molar refractivity (Wildman–Crippen MR) is 91.4 cm³/mol. The van der Waals surface area contributed by atoms with Gasteiger partial charge in [0, 0.05) is 18.3 Å². The van der Waals surface area contributed by atoms with Gasteiger partial charge in [-0.3, -0.25) is 0 Å². The summed E-state index contributed by atoms with van der Waals surface area (Å²) < 4.78 is 27.5. The van der Waals surface area contributed by atoms with Crippen LogP contribution in [-0.2, 0) is 23.0 Å². The Hall–Kier alpha value is -0.560. The maximum atomic E-state index is 12.4. The second-order valence-electron chi connectivity index (χ2n) is 5.04. The van der Waals surface area contributed by atoms with Crippen LogP contribution in [0.25, 0.3) is 0 Å². The molecule has 6 heteroatoms. The first-order valence-electron chi connectivity index (χ1n) is 7.28. The van der Waals surface area contributed by atoms with Gasteiger partial charge in [0.15, 0.2) is 0 Å². The maximum Gasteiger partial charge on any atom is 0.240 e. The van der Waals surface area contributed by atoms with Gasteiger partial charge in [0.25, 0.3) is 0 Å². The van der Waals surface area contributed by atoms with E-state index >= 15 is 0 Å². The molecule has 0 saturated carbocycles. The lowest BCUT2D eigenvalue weighted by atomic mass is 10.1. The number of sulfonamides is 1. The molecule has 0 aliphatic rings. The van der Waals surface area contributed by atoms with Crippen molar-refractivity contribution in [3.05, 3.63) is 29.3 Å². The van der Waals surface area contributed by atoms with E-state index in [0.717, 1.165) is 24.3 Å². The summed E-state index contributed by atoms with van der Waals surface area (Å²) >= 11 is 1.63. The Balaban J connectivity index is 3.01. The fraction of sp³-hybridized carbons (Fsp3) is 0.600. The lowest BCUT2D eigenvalue weighted by Crippen LogP contribution is -2.34. The molecule has 1 atom stereocenters. The Labute approximate surface area is 133 Å². The Bertz CT molecular complexity index is 545. The molecule has 2 N–H and O–H groups in total. The Morgan fingerprint density at radius 2 is 1.95 bits per heavy atom. The summed E-state index contributed by atoms with van der Waals surface area (Å²) in [6.07, 6.45) is 2.87. The van der Waals surface area contributed by atoms with Crippen LogP contribution in [0.2, 0.25) is 0 Å². The van der Waals surface area contributed by atoms with Crippen molar-refractivity contribution >= 4 is 21.8 Å². The van der Waals surface area contributed by atoms with Gasteiger partial charge in [0.1, 0.15) is 0 Å². The molecule has 0 radical (unpaired) electrons. The Morgan fingerprint density at radius 1 is 1.24 bits per heavy atom. The zero-order chi connectivity index (χ0) is 15.9. The van der Waals surface area contributed by atoms with Gasteiger partial charge in [-0.05, 0) is 49.4 Å². The van der Waals surface area contributed by atoms with Gasteiger partial charge in [-0.2, -0.15) is 11.8 Å². The molecule has 1 aromatic rings. The molecule has 0 saturated heterocycles. The van der Waals surface area contributed by atoms with Crippen LogP contribution in [0.4, 0.5) is 0 Å². The number of rotatable bonds is 9. The second kappa shape index (κ2) is 8.78. The zero-order valence-electron chi connectivity index (χ0n) is 13.3. The van der Waals surface area contributed by atoms with Crippen molar-refractivity contribution in [2.45, 2.75) is 44.7 Å². The number of nitrogens with one attached hydrogen (secondary N) is 2. The van der Waals surface area contributed by atoms with Crippen LogP contribution in [0, 0.1) is 0 Å². The lowest BCUT2D eigenvalue weighted by molar-refractivity contribution is 0.570. The molecule has 0 bridgehead atoms. The molecular formula is C15H26N2O2S2. The average molecular weight is 331 g/mol. The molecule has 4 nitrogen and oxygen atoms in total. The fourth-order valence-corrected chi connectivity index (χ4v) is 4.14. The molecule has 1 aromatic carbocycles. The van der Waals surface area contributed by atoms with E-state index in [1.165, 1.54) is 5.56 Å². The van der Waals surface area contributed by atoms with E-state index in [0.29, 0.717) is 11.4 Å². The average Bonchev–Trinajstić information content (AvgIpc) is 2.44. The van der Waals surface area contributed by atoms with Gasteiger partial charge >= 0.3 is 0 Å². The minimum Gasteiger partial charge on any atom is -0.313 e. The van der Waals surface area contributed by atoms with Crippen molar-refractivity contribution in [2.75, 3.05) is 18.6 Å². The summed E-state index contributed by atoms with van der Waals surface area (Å²) in [7, 11) is -3.45. The molecule has 0 aliphatic heterocycles. The molecule has 1 rings (SSSR count). The molecule has 120 valence electrons. The minimum absolute atomic E-state index is 0.0759. The highest BCUT2D eigenvalue weighted by Gasteiger charge is 2.18. The van der Waals surface area contributed by atoms with Crippen molar-refractivity contribution < 1.29 is 8.42 Å². The maximum absolute atomic E-state index is 12.4. The smallest absolute Gasteiger partial charge is 0.240 e. The number of aryl methyl sites for hydroxylation is 1. The van der Waals surface area contributed by atoms with Crippen molar-refractivity contribution in [1.82, 2.24) is 10.0 Å². The van der Waals surface area contributed by atoms with Gasteiger partial charge < -0.3 is 5.32 Å². The first kappa shape index (κ1) is 18.5. The summed E-state index contributed by atoms with van der Waals surface area (Å²) in [4.78, 5) is 0.348. The predicted octanol–water partition coefficient (Wildman–Crippen LogP) is 2.39. The van der Waals surface area contributed by atoms with Gasteiger partial charge in [-0.15, -0.1) is 0 Å². The van der Waals surface area contributed by atoms with Crippen molar-refractivity contribution in [1.29, 1.82) is 0 Å². The van der Waals surface area contributed by atoms with Crippen LogP contribution < -0.4 is 10.0 Å². The molecule has 0 aliphatic carbocycles. The van der Waals surface area contributed by atoms with Crippen molar-refractivity contribution in [2.24, 2.45) is 0 Å². The molecule has 0 spiro atoms. The van der Waals surface area contributed by atoms with E-state index in [9.17, 15) is 8.42 Å². The molecule has 0 aromatic heterocycles. The van der Waals surface area contributed by atoms with Crippen LogP contribution in [0.5, 0.6) is 0 Å². The van der Waals surface area contributed by atoms with Gasteiger partial charge in [0.05, 0.1) is 4.90 Å². The molecule has 21 heavy (non-hydrogen) atoms. The van der Waals surface area contributed by atoms with Gasteiger partial charge in [0.2, 0.25) is 10.0 Å². The number of hydrogen-bond acceptors (Lipinski definition) is 4. The highest BCUT2D eigenvalue weighted by molar-refractivity contribution is 7.98. The SMILES string of the molecule is CCNCc1cc(S(=O)(=O)NC(C)CSC)ccc1CC. The van der Waals surface area contributed by atoms with E-state index in [2.05, 4.69) is 17.0 Å². The van der Waals surface area contributed by atoms with Crippen LogP contribution in [-0.4, -0.2) is 33.0 Å². The quantitative estimate of drug-likeness (QED) is 0.730. The second-order valence-corrected chi connectivity index (χ2v) is 7.67. The fourth-order valence-electron chi connectivity index (χ4n) is 2.16. The van der Waals surface area contributed by atoms with Crippen LogP contribution in [0.1, 0.15) is 31.9 Å². The topological polar surface area (TPSA) is 58.2 Å². The molecule has 1 unspecified atom stereocenters. The monoisotopic (exact) mass is 330 g/mol. The highest BCUT2D eigenvalue weighted by Crippen LogP contribution is 2.17. The van der Waals surface area contributed by atoms with E-state index in [4.69, 9.17) is 0 Å². The Kier molecular flexibility index (Phi) is 7.73. The zero-order valence-corrected chi connectivity index (χ0v) is 14.9. The first-order valence-corrected chi connectivity index (χ1v) is 10.2. The van der Waals surface area contributed by atoms with Crippen molar-refractivity contribution in [3.63, 3.8) is 0 Å². The summed E-state index contributed by atoms with van der Waals surface area (Å²) in [6, 6.07) is 5.33. The minimum atomic E-state index is -3.45. The third kappa shape index (κ3) is 5.62. The van der Waals surface area contributed by atoms with E-state index < -0.39 is 10.0 Å². The van der Waals surface area contributed by atoms with E-state index in [1.807, 2.05) is 26.2 Å². The standard InChI is InChI=1S/C15H26N2O2S2/c1-5-13-7-8-15(9-14(13)10-16-6-2)21(18,19)17-12(3)11-20-4/h7-9,12,16-17H,5-6,10-11H2,1-4H3. The number of hydrogen-bond donors (Lipinski definition) is 2. The summed E-state index contributed by atoms with van der Waals surface area (Å²) in [5.41, 5.74) is 2.24. The largest absolute Gasteiger partial charge is 0.313 e. The van der Waals surface area contributed by atoms with E-state index in [1.54, 1.807) is 23.9 Å². The molecule has 0 amide bonds. The third-order valence-corrected chi connectivity index (χ3v) is 5.63. The van der Waals surface area contributed by atoms with Crippen LogP contribution in [0.3, 0.4) is 0 Å². The number of thioether (sulfide) groups is 1. The Morgan fingerprint density at radius 3 is 2.52 bits per heavy atom. The molecular weight excluding hydrogens is 304 g/mol. The molecule has 0 heterocycles. The third-order valence-electron chi connectivity index (χ3n) is 3.21. The van der Waals surface area contributed by atoms with Gasteiger partial charge in [-0.25, -0.2) is 13.1 Å². The lowest BCUT2D eigenvalue weighted by Gasteiger charge is -2.15. The first-order chi connectivity index (χ1) is 9.94. The van der Waals surface area contributed by atoms with Crippen LogP contribution in [0.15, 0.2) is 23.1 Å². The highest BCUT2D eigenvalue weighted by atomic mass is 32.2. The normalized spacial score (nSPS) is 13.3. The summed E-state index contributed by atoms with van der Waals surface area (Å²) in [5, 5.41) is 3.26. The summed E-state index contributed by atoms with van der Waals surface area (Å²) in [5.74, 6) is 0.760. The van der Waals surface area contributed by atoms with Crippen molar-refractivity contribution in [3.8, 4) is 0 Å². The van der Waals surface area contributed by atoms with E-state index in [-0.39, 0.29) is 6.04 Å². The number of benzene rings is 1.